The Kier molecular flexibility index (Phi) is 5.79. The maximum atomic E-state index is 12.8. The van der Waals surface area contributed by atoms with Crippen LogP contribution in [0.25, 0.3) is 0 Å². The second-order valence-corrected chi connectivity index (χ2v) is 6.66. The highest BCUT2D eigenvalue weighted by molar-refractivity contribution is 6.04. The highest BCUT2D eigenvalue weighted by Crippen LogP contribution is 2.24. The number of hydrogen-bond donors (Lipinski definition) is 2. The van der Waals surface area contributed by atoms with Crippen LogP contribution >= 0.6 is 0 Å². The number of nitrogens with one attached hydrogen (secondary N) is 1. The van der Waals surface area contributed by atoms with Crippen LogP contribution in [0.4, 0.5) is 5.69 Å². The number of hydrogen-bond acceptors (Lipinski definition) is 6. The van der Waals surface area contributed by atoms with Crippen molar-refractivity contribution in [3.8, 4) is 23.1 Å². The first-order valence-corrected chi connectivity index (χ1v) is 9.52. The van der Waals surface area contributed by atoms with Gasteiger partial charge in [-0.1, -0.05) is 40.6 Å². The number of carbonyl (C=O) groups excluding carboxylic acids is 1. The van der Waals surface area contributed by atoms with Crippen LogP contribution in [0.3, 0.4) is 0 Å². The Morgan fingerprint density at radius 1 is 0.935 bits per heavy atom. The maximum absolute atomic E-state index is 12.8. The first-order valence-electron chi connectivity index (χ1n) is 9.52. The lowest BCUT2D eigenvalue weighted by molar-refractivity contribution is 0.101. The van der Waals surface area contributed by atoms with Crippen LogP contribution in [0.2, 0.25) is 0 Å². The third-order valence-corrected chi connectivity index (χ3v) is 4.51. The summed E-state index contributed by atoms with van der Waals surface area (Å²) in [7, 11) is 1.59. The molecule has 0 unspecified atom stereocenters. The van der Waals surface area contributed by atoms with Crippen molar-refractivity contribution in [3.63, 3.8) is 0 Å². The molecule has 31 heavy (non-hydrogen) atoms. The van der Waals surface area contributed by atoms with Crippen LogP contribution in [-0.4, -0.2) is 33.1 Å². The largest absolute Gasteiger partial charge is 0.497 e. The molecule has 4 aromatic rings. The van der Waals surface area contributed by atoms with Crippen molar-refractivity contribution in [2.45, 2.75) is 6.54 Å². The summed E-state index contributed by atoms with van der Waals surface area (Å²) in [5.41, 5.74) is 1.39. The summed E-state index contributed by atoms with van der Waals surface area (Å²) in [6, 6.07) is 23.6. The van der Waals surface area contributed by atoms with Gasteiger partial charge in [0.15, 0.2) is 5.69 Å². The minimum Gasteiger partial charge on any atom is -0.497 e. The quantitative estimate of drug-likeness (QED) is 0.471. The second-order valence-electron chi connectivity index (χ2n) is 6.66. The van der Waals surface area contributed by atoms with E-state index in [9.17, 15) is 9.90 Å². The van der Waals surface area contributed by atoms with E-state index in [1.165, 1.54) is 4.68 Å². The van der Waals surface area contributed by atoms with Gasteiger partial charge in [0.2, 0.25) is 0 Å². The van der Waals surface area contributed by atoms with Crippen molar-refractivity contribution >= 4 is 11.6 Å². The van der Waals surface area contributed by atoms with Crippen molar-refractivity contribution in [2.24, 2.45) is 0 Å². The molecular weight excluding hydrogens is 396 g/mol. The molecule has 0 bridgehead atoms. The van der Waals surface area contributed by atoms with Crippen LogP contribution in [0, 0.1) is 0 Å². The summed E-state index contributed by atoms with van der Waals surface area (Å²) in [4.78, 5) is 12.8. The van der Waals surface area contributed by atoms with E-state index in [4.69, 9.17) is 9.47 Å². The molecule has 4 rings (SSSR count). The Morgan fingerprint density at radius 2 is 1.58 bits per heavy atom. The summed E-state index contributed by atoms with van der Waals surface area (Å²) in [5.74, 6) is 1.13. The molecule has 0 spiro atoms. The lowest BCUT2D eigenvalue weighted by Crippen LogP contribution is -2.18. The molecule has 156 valence electrons. The smallest absolute Gasteiger partial charge is 0.279 e. The molecule has 0 radical (unpaired) electrons. The number of methoxy groups -OCH3 is 1. The molecule has 2 N–H and O–H groups in total. The molecule has 8 heteroatoms. The number of nitrogens with zero attached hydrogens (tertiary/aromatic N) is 3. The van der Waals surface area contributed by atoms with Crippen molar-refractivity contribution in [3.05, 3.63) is 90.1 Å². The third kappa shape index (κ3) is 4.81. The van der Waals surface area contributed by atoms with E-state index in [1.807, 2.05) is 54.6 Å². The van der Waals surface area contributed by atoms with E-state index < -0.39 is 11.8 Å². The standard InChI is InChI=1S/C23H20N4O4/c1-30-18-11-7-16(8-12-18)15-27-21(23(29)25-26-27)22(28)24-17-9-13-20(14-10-17)31-19-5-3-2-4-6-19/h2-14,29H,15H2,1H3,(H,24,28). The molecule has 0 fully saturated rings. The molecule has 1 aromatic heterocycles. The van der Waals surface area contributed by atoms with Gasteiger partial charge in [-0.2, -0.15) is 0 Å². The SMILES string of the molecule is COc1ccc(Cn2nnc(O)c2C(=O)Nc2ccc(Oc3ccccc3)cc2)cc1. The average molecular weight is 416 g/mol. The first-order chi connectivity index (χ1) is 15.1. The molecule has 1 amide bonds. The van der Waals surface area contributed by atoms with E-state index in [0.717, 1.165) is 17.1 Å². The van der Waals surface area contributed by atoms with Crippen molar-refractivity contribution < 1.29 is 19.4 Å². The van der Waals surface area contributed by atoms with Gasteiger partial charge in [-0.3, -0.25) is 4.79 Å². The zero-order chi connectivity index (χ0) is 21.6. The van der Waals surface area contributed by atoms with Crippen LogP contribution in [0.1, 0.15) is 16.1 Å². The molecular formula is C23H20N4O4. The van der Waals surface area contributed by atoms with Gasteiger partial charge in [0.25, 0.3) is 11.8 Å². The molecule has 0 atom stereocenters. The molecule has 3 aromatic carbocycles. The number of benzene rings is 3. The summed E-state index contributed by atoms with van der Waals surface area (Å²) in [5, 5.41) is 20.3. The van der Waals surface area contributed by atoms with Gasteiger partial charge in [-0.25, -0.2) is 4.68 Å². The van der Waals surface area contributed by atoms with E-state index in [1.54, 1.807) is 31.4 Å². The van der Waals surface area contributed by atoms with E-state index in [0.29, 0.717) is 11.4 Å². The Morgan fingerprint density at radius 3 is 2.26 bits per heavy atom. The van der Waals surface area contributed by atoms with E-state index in [-0.39, 0.29) is 12.2 Å². The van der Waals surface area contributed by atoms with Gasteiger partial charge < -0.3 is 19.9 Å². The monoisotopic (exact) mass is 416 g/mol. The van der Waals surface area contributed by atoms with Crippen LogP contribution < -0.4 is 14.8 Å². The van der Waals surface area contributed by atoms with Crippen molar-refractivity contribution in [1.29, 1.82) is 0 Å². The number of amides is 1. The Bertz CT molecular complexity index is 1160. The lowest BCUT2D eigenvalue weighted by atomic mass is 10.2. The van der Waals surface area contributed by atoms with Crippen LogP contribution in [0.5, 0.6) is 23.1 Å². The first kappa shape index (κ1) is 20.0. The minimum atomic E-state index is -0.521. The van der Waals surface area contributed by atoms with Crippen molar-refractivity contribution in [1.82, 2.24) is 15.0 Å². The minimum absolute atomic E-state index is 0.0274. The van der Waals surface area contributed by atoms with Crippen molar-refractivity contribution in [2.75, 3.05) is 12.4 Å². The second kappa shape index (κ2) is 9.00. The van der Waals surface area contributed by atoms with Gasteiger partial charge >= 0.3 is 0 Å². The fourth-order valence-corrected chi connectivity index (χ4v) is 2.96. The molecule has 8 nitrogen and oxygen atoms in total. The molecule has 0 saturated heterocycles. The molecule has 0 saturated carbocycles. The zero-order valence-corrected chi connectivity index (χ0v) is 16.7. The lowest BCUT2D eigenvalue weighted by Gasteiger charge is -2.09. The summed E-state index contributed by atoms with van der Waals surface area (Å²) < 4.78 is 12.2. The molecule has 1 heterocycles. The number of aromatic hydroxyl groups is 1. The Labute approximate surface area is 178 Å². The highest BCUT2D eigenvalue weighted by atomic mass is 16.5. The average Bonchev–Trinajstić information content (AvgIpc) is 3.16. The topological polar surface area (TPSA) is 98.5 Å². The fourth-order valence-electron chi connectivity index (χ4n) is 2.96. The van der Waals surface area contributed by atoms with Gasteiger partial charge in [0.1, 0.15) is 17.2 Å². The highest BCUT2D eigenvalue weighted by Gasteiger charge is 2.20. The van der Waals surface area contributed by atoms with Crippen LogP contribution in [-0.2, 0) is 6.54 Å². The normalized spacial score (nSPS) is 10.5. The van der Waals surface area contributed by atoms with E-state index >= 15 is 0 Å². The Balaban J connectivity index is 1.45. The number of rotatable bonds is 7. The summed E-state index contributed by atoms with van der Waals surface area (Å²) >= 11 is 0. The molecule has 0 aliphatic carbocycles. The number of anilines is 1. The van der Waals surface area contributed by atoms with Gasteiger partial charge in [0, 0.05) is 5.69 Å². The molecule has 0 aliphatic rings. The molecule has 0 aliphatic heterocycles. The van der Waals surface area contributed by atoms with Gasteiger partial charge in [0.05, 0.1) is 13.7 Å². The Hall–Kier alpha value is -4.33. The number of para-hydroxylation sites is 1. The van der Waals surface area contributed by atoms with Crippen LogP contribution in [0.15, 0.2) is 78.9 Å². The zero-order valence-electron chi connectivity index (χ0n) is 16.7. The third-order valence-electron chi connectivity index (χ3n) is 4.51. The predicted octanol–water partition coefficient (Wildman–Crippen LogP) is 4.09. The van der Waals surface area contributed by atoms with Gasteiger partial charge in [-0.15, -0.1) is 0 Å². The number of aromatic nitrogens is 3. The fraction of sp³-hybridized carbons (Fsp3) is 0.0870. The van der Waals surface area contributed by atoms with E-state index in [2.05, 4.69) is 15.6 Å². The van der Waals surface area contributed by atoms with Gasteiger partial charge in [-0.05, 0) is 54.1 Å². The summed E-state index contributed by atoms with van der Waals surface area (Å²) in [6.45, 7) is 0.268. The predicted molar refractivity (Wildman–Crippen MR) is 115 cm³/mol. The summed E-state index contributed by atoms with van der Waals surface area (Å²) in [6.07, 6.45) is 0. The number of carbonyl (C=O) groups is 1. The maximum Gasteiger partial charge on any atom is 0.279 e. The number of ether oxygens (including phenoxy) is 2.